The third-order valence-corrected chi connectivity index (χ3v) is 7.32. The van der Waals surface area contributed by atoms with E-state index in [1.807, 2.05) is 27.9 Å². The maximum atomic E-state index is 13.1. The fraction of sp³-hybridized carbons (Fsp3) is 0.565. The molecule has 1 unspecified atom stereocenters. The number of nitrogens with zero attached hydrogens (tertiary/aromatic N) is 6. The number of aryl methyl sites for hydroxylation is 1. The Balaban J connectivity index is 1.31. The molecule has 3 aromatic rings. The van der Waals surface area contributed by atoms with Gasteiger partial charge >= 0.3 is 0 Å². The lowest BCUT2D eigenvalue weighted by atomic mass is 9.95. The van der Waals surface area contributed by atoms with Gasteiger partial charge in [-0.25, -0.2) is 4.68 Å². The Bertz CT molecular complexity index is 1060. The smallest absolute Gasteiger partial charge is 0.222 e. The van der Waals surface area contributed by atoms with Crippen molar-refractivity contribution >= 4 is 16.8 Å². The number of benzene rings is 1. The Morgan fingerprint density at radius 2 is 2.06 bits per heavy atom. The fourth-order valence-electron chi connectivity index (χ4n) is 5.39. The molecule has 1 amide bonds. The molecule has 31 heavy (non-hydrogen) atoms. The van der Waals surface area contributed by atoms with Gasteiger partial charge in [-0.2, -0.15) is 0 Å². The Morgan fingerprint density at radius 3 is 2.87 bits per heavy atom. The van der Waals surface area contributed by atoms with Gasteiger partial charge in [0.1, 0.15) is 5.54 Å². The molecule has 1 atom stereocenters. The Kier molecular flexibility index (Phi) is 5.25. The van der Waals surface area contributed by atoms with Crippen LogP contribution in [0.25, 0.3) is 10.9 Å². The molecule has 1 aromatic carbocycles. The second-order valence-corrected chi connectivity index (χ2v) is 9.24. The van der Waals surface area contributed by atoms with Gasteiger partial charge in [0.25, 0.3) is 0 Å². The lowest BCUT2D eigenvalue weighted by Gasteiger charge is -2.35. The third-order valence-electron chi connectivity index (χ3n) is 7.32. The van der Waals surface area contributed by atoms with E-state index in [1.54, 1.807) is 0 Å². The minimum absolute atomic E-state index is 0.203. The molecule has 3 heterocycles. The van der Waals surface area contributed by atoms with Crippen molar-refractivity contribution in [1.82, 2.24) is 35.0 Å². The van der Waals surface area contributed by atoms with E-state index >= 15 is 0 Å². The second kappa shape index (κ2) is 8.07. The molecule has 2 aliphatic rings. The third kappa shape index (κ3) is 3.52. The van der Waals surface area contributed by atoms with Crippen molar-refractivity contribution in [3.05, 3.63) is 41.9 Å². The number of aromatic nitrogens is 5. The molecule has 1 saturated heterocycles. The summed E-state index contributed by atoms with van der Waals surface area (Å²) in [5, 5.41) is 14.1. The number of likely N-dealkylation sites (tertiary alicyclic amines) is 1. The lowest BCUT2D eigenvalue weighted by molar-refractivity contribution is -0.130. The molecule has 0 radical (unpaired) electrons. The van der Waals surface area contributed by atoms with Gasteiger partial charge in [-0.15, -0.1) is 5.10 Å². The van der Waals surface area contributed by atoms with Crippen molar-refractivity contribution in [3.8, 4) is 0 Å². The van der Waals surface area contributed by atoms with Gasteiger partial charge in [0, 0.05) is 36.6 Å². The molecule has 5 rings (SSSR count). The van der Waals surface area contributed by atoms with Crippen molar-refractivity contribution in [3.63, 3.8) is 0 Å². The summed E-state index contributed by atoms with van der Waals surface area (Å²) in [7, 11) is 4.15. The molecule has 2 fully saturated rings. The molecule has 1 aliphatic heterocycles. The molecular weight excluding hydrogens is 390 g/mol. The van der Waals surface area contributed by atoms with Crippen LogP contribution in [0.2, 0.25) is 0 Å². The van der Waals surface area contributed by atoms with Crippen molar-refractivity contribution in [1.29, 1.82) is 0 Å². The van der Waals surface area contributed by atoms with Gasteiger partial charge < -0.3 is 9.88 Å². The molecular formula is C23H31N7O. The highest BCUT2D eigenvalue weighted by atomic mass is 16.2. The maximum Gasteiger partial charge on any atom is 0.222 e. The van der Waals surface area contributed by atoms with E-state index in [0.29, 0.717) is 19.0 Å². The first-order valence-electron chi connectivity index (χ1n) is 11.4. The van der Waals surface area contributed by atoms with Crippen molar-refractivity contribution in [2.24, 2.45) is 0 Å². The Morgan fingerprint density at radius 1 is 1.26 bits per heavy atom. The van der Waals surface area contributed by atoms with Crippen LogP contribution in [0.5, 0.6) is 0 Å². The predicted octanol–water partition coefficient (Wildman–Crippen LogP) is 2.89. The summed E-state index contributed by atoms with van der Waals surface area (Å²) >= 11 is 0. The molecule has 2 aromatic heterocycles. The van der Waals surface area contributed by atoms with Gasteiger partial charge in [-0.05, 0) is 61.8 Å². The average Bonchev–Trinajstić information content (AvgIpc) is 3.57. The molecule has 8 nitrogen and oxygen atoms in total. The summed E-state index contributed by atoms with van der Waals surface area (Å²) in [6.45, 7) is 1.38. The molecule has 1 aliphatic carbocycles. The summed E-state index contributed by atoms with van der Waals surface area (Å²) in [4.78, 5) is 20.6. The molecule has 8 heteroatoms. The average molecular weight is 422 g/mol. The van der Waals surface area contributed by atoms with Crippen LogP contribution < -0.4 is 0 Å². The van der Waals surface area contributed by atoms with E-state index in [9.17, 15) is 4.79 Å². The number of likely N-dealkylation sites (N-methyl/N-ethyl adjacent to an activating group) is 1. The summed E-state index contributed by atoms with van der Waals surface area (Å²) in [5.41, 5.74) is 1.99. The highest BCUT2D eigenvalue weighted by molar-refractivity contribution is 5.84. The largest absolute Gasteiger partial charge is 0.361 e. The topological polar surface area (TPSA) is 82.9 Å². The first-order valence-corrected chi connectivity index (χ1v) is 11.4. The molecule has 1 N–H and O–H groups in total. The zero-order valence-electron chi connectivity index (χ0n) is 18.4. The fourth-order valence-corrected chi connectivity index (χ4v) is 5.39. The van der Waals surface area contributed by atoms with Crippen LogP contribution in [0.4, 0.5) is 0 Å². The van der Waals surface area contributed by atoms with E-state index in [0.717, 1.165) is 43.6 Å². The van der Waals surface area contributed by atoms with Crippen LogP contribution >= 0.6 is 0 Å². The SMILES string of the molecule is CN(C)C1(c2nnnn2C2CCCC2)CCN(C(=O)CCc2c[nH]c3ccccc23)C1. The highest BCUT2D eigenvalue weighted by Gasteiger charge is 2.47. The van der Waals surface area contributed by atoms with Crippen molar-refractivity contribution in [2.75, 3.05) is 27.2 Å². The zero-order valence-corrected chi connectivity index (χ0v) is 18.4. The van der Waals surface area contributed by atoms with Crippen LogP contribution in [-0.2, 0) is 16.8 Å². The number of carbonyl (C=O) groups excluding carboxylic acids is 1. The van der Waals surface area contributed by atoms with Crippen LogP contribution in [0, 0.1) is 0 Å². The Hall–Kier alpha value is -2.74. The first kappa shape index (κ1) is 20.2. The Labute approximate surface area is 182 Å². The summed E-state index contributed by atoms with van der Waals surface area (Å²) in [6, 6.07) is 8.64. The van der Waals surface area contributed by atoms with Crippen LogP contribution in [0.15, 0.2) is 30.5 Å². The minimum atomic E-state index is -0.331. The minimum Gasteiger partial charge on any atom is -0.361 e. The van der Waals surface area contributed by atoms with Crippen LogP contribution in [0.1, 0.15) is 56.0 Å². The van der Waals surface area contributed by atoms with Crippen LogP contribution in [0.3, 0.4) is 0 Å². The monoisotopic (exact) mass is 421 g/mol. The van der Waals surface area contributed by atoms with Gasteiger partial charge in [0.2, 0.25) is 5.91 Å². The van der Waals surface area contributed by atoms with Gasteiger partial charge in [-0.3, -0.25) is 9.69 Å². The quantitative estimate of drug-likeness (QED) is 0.662. The van der Waals surface area contributed by atoms with Crippen molar-refractivity contribution < 1.29 is 4.79 Å². The number of fused-ring (bicyclic) bond motifs is 1. The number of carbonyl (C=O) groups is 1. The number of aromatic amines is 1. The zero-order chi connectivity index (χ0) is 21.4. The number of hydrogen-bond donors (Lipinski definition) is 1. The predicted molar refractivity (Wildman–Crippen MR) is 119 cm³/mol. The van der Waals surface area contributed by atoms with Gasteiger partial charge in [0.15, 0.2) is 5.82 Å². The van der Waals surface area contributed by atoms with Crippen LogP contribution in [-0.4, -0.2) is 68.1 Å². The van der Waals surface area contributed by atoms with E-state index in [-0.39, 0.29) is 11.4 Å². The molecule has 0 bridgehead atoms. The number of H-pyrrole nitrogens is 1. The number of nitrogens with one attached hydrogen (secondary N) is 1. The number of hydrogen-bond acceptors (Lipinski definition) is 5. The molecule has 1 saturated carbocycles. The standard InChI is InChI=1S/C23H31N7O/c1-28(2)23(22-25-26-27-30(22)18-7-3-4-8-18)13-14-29(16-23)21(31)12-11-17-15-24-20-10-6-5-9-19(17)20/h5-6,9-10,15,18,24H,3-4,7-8,11-14,16H2,1-2H3. The lowest BCUT2D eigenvalue weighted by Crippen LogP contribution is -2.47. The number of tetrazole rings is 1. The summed E-state index contributed by atoms with van der Waals surface area (Å²) < 4.78 is 2.05. The number of amides is 1. The molecule has 164 valence electrons. The maximum absolute atomic E-state index is 13.1. The summed E-state index contributed by atoms with van der Waals surface area (Å²) in [6.07, 6.45) is 8.87. The normalized spacial score (nSPS) is 22.2. The second-order valence-electron chi connectivity index (χ2n) is 9.24. The molecule has 0 spiro atoms. The van der Waals surface area contributed by atoms with E-state index < -0.39 is 0 Å². The van der Waals surface area contributed by atoms with Gasteiger partial charge in [-0.1, -0.05) is 31.0 Å². The van der Waals surface area contributed by atoms with E-state index in [2.05, 4.69) is 51.6 Å². The highest BCUT2D eigenvalue weighted by Crippen LogP contribution is 2.38. The van der Waals surface area contributed by atoms with Gasteiger partial charge in [0.05, 0.1) is 6.04 Å². The first-order chi connectivity index (χ1) is 15.1. The van der Waals surface area contributed by atoms with Crippen molar-refractivity contribution in [2.45, 2.75) is 56.5 Å². The summed E-state index contributed by atoms with van der Waals surface area (Å²) in [5.74, 6) is 1.12. The van der Waals surface area contributed by atoms with E-state index in [4.69, 9.17) is 0 Å². The number of rotatable bonds is 6. The number of para-hydroxylation sites is 1. The van der Waals surface area contributed by atoms with E-state index in [1.165, 1.54) is 23.8 Å².